The largest absolute Gasteiger partial charge is 0.508 e. The Hall–Kier alpha value is -1.37. The van der Waals surface area contributed by atoms with E-state index in [1.807, 2.05) is 0 Å². The number of hydrogen-bond donors (Lipinski definition) is 2. The van der Waals surface area contributed by atoms with Crippen molar-refractivity contribution in [2.75, 3.05) is 19.7 Å². The third kappa shape index (κ3) is 1.95. The molecule has 3 rings (SSSR count). The molecule has 0 amide bonds. The van der Waals surface area contributed by atoms with Crippen LogP contribution in [0, 0.1) is 0 Å². The molecule has 1 aliphatic heterocycles. The van der Waals surface area contributed by atoms with E-state index >= 15 is 0 Å². The predicted molar refractivity (Wildman–Crippen MR) is 63.6 cm³/mol. The van der Waals surface area contributed by atoms with Gasteiger partial charge in [0.15, 0.2) is 0 Å². The number of fused-ring (bicyclic) bond motifs is 1. The van der Waals surface area contributed by atoms with E-state index in [1.165, 1.54) is 0 Å². The molecule has 0 spiro atoms. The Morgan fingerprint density at radius 3 is 3.12 bits per heavy atom. The van der Waals surface area contributed by atoms with Crippen molar-refractivity contribution in [3.8, 4) is 5.75 Å². The predicted octanol–water partition coefficient (Wildman–Crippen LogP) is 1.22. The first-order valence-electron chi connectivity index (χ1n) is 5.33. The number of rotatable bonds is 1. The molecule has 5 nitrogen and oxygen atoms in total. The molecule has 2 heterocycles. The van der Waals surface area contributed by atoms with Crippen LogP contribution in [-0.2, 0) is 4.74 Å². The van der Waals surface area contributed by atoms with Crippen LogP contribution in [0.15, 0.2) is 21.3 Å². The summed E-state index contributed by atoms with van der Waals surface area (Å²) in [5, 5.41) is 13.1. The molecule has 1 atom stereocenters. The Morgan fingerprint density at radius 2 is 2.35 bits per heavy atom. The summed E-state index contributed by atoms with van der Waals surface area (Å²) in [5.41, 5.74) is 1.16. The van der Waals surface area contributed by atoms with Crippen LogP contribution >= 0.6 is 11.3 Å². The molecule has 17 heavy (non-hydrogen) atoms. The Labute approximate surface area is 101 Å². The lowest BCUT2D eigenvalue weighted by atomic mass is 10.1. The lowest BCUT2D eigenvalue weighted by Crippen LogP contribution is -2.33. The maximum absolute atomic E-state index is 11.1. The van der Waals surface area contributed by atoms with Gasteiger partial charge in [0.2, 0.25) is 0 Å². The zero-order valence-electron chi connectivity index (χ0n) is 8.93. The quantitative estimate of drug-likeness (QED) is 0.799. The topological polar surface area (TPSA) is 71.7 Å². The van der Waals surface area contributed by atoms with Crippen LogP contribution in [0.3, 0.4) is 0 Å². The molecule has 1 aliphatic rings. The van der Waals surface area contributed by atoms with Gasteiger partial charge in [0.1, 0.15) is 11.3 Å². The van der Waals surface area contributed by atoms with Crippen LogP contribution in [0.1, 0.15) is 11.7 Å². The fourth-order valence-electron chi connectivity index (χ4n) is 1.95. The molecule has 2 aromatic rings. The van der Waals surface area contributed by atoms with Gasteiger partial charge in [0.05, 0.1) is 17.4 Å². The summed E-state index contributed by atoms with van der Waals surface area (Å²) in [7, 11) is 0. The molecule has 0 radical (unpaired) electrons. The van der Waals surface area contributed by atoms with Gasteiger partial charge in [0, 0.05) is 24.7 Å². The lowest BCUT2D eigenvalue weighted by molar-refractivity contribution is 0.0263. The van der Waals surface area contributed by atoms with Crippen molar-refractivity contribution in [3.63, 3.8) is 0 Å². The maximum Gasteiger partial charge on any atom is 0.396 e. The van der Waals surface area contributed by atoms with Gasteiger partial charge in [-0.2, -0.15) is 0 Å². The van der Waals surface area contributed by atoms with Crippen LogP contribution in [-0.4, -0.2) is 24.8 Å². The summed E-state index contributed by atoms with van der Waals surface area (Å²) >= 11 is 0.983. The van der Waals surface area contributed by atoms with Gasteiger partial charge in [-0.15, -0.1) is 0 Å². The van der Waals surface area contributed by atoms with Crippen LogP contribution in [0.4, 0.5) is 0 Å². The van der Waals surface area contributed by atoms with Crippen LogP contribution in [0.5, 0.6) is 5.75 Å². The molecule has 90 valence electrons. The summed E-state index contributed by atoms with van der Waals surface area (Å²) in [6.07, 6.45) is -0.196. The van der Waals surface area contributed by atoms with E-state index in [2.05, 4.69) is 5.32 Å². The minimum absolute atomic E-state index is 0.142. The van der Waals surface area contributed by atoms with E-state index in [0.717, 1.165) is 17.9 Å². The highest BCUT2D eigenvalue weighted by Gasteiger charge is 2.20. The van der Waals surface area contributed by atoms with Crippen LogP contribution in [0.2, 0.25) is 0 Å². The zero-order chi connectivity index (χ0) is 11.8. The average Bonchev–Trinajstić information content (AvgIpc) is 2.68. The second kappa shape index (κ2) is 4.14. The fraction of sp³-hybridized carbons (Fsp3) is 0.364. The molecule has 1 unspecified atom stereocenters. The van der Waals surface area contributed by atoms with Gasteiger partial charge in [-0.05, 0) is 6.07 Å². The minimum atomic E-state index is -0.362. The normalized spacial score (nSPS) is 20.8. The number of phenols is 1. The van der Waals surface area contributed by atoms with E-state index in [9.17, 15) is 9.90 Å². The molecule has 0 saturated carbocycles. The Balaban J connectivity index is 2.08. The average molecular weight is 253 g/mol. The monoisotopic (exact) mass is 253 g/mol. The highest BCUT2D eigenvalue weighted by molar-refractivity contribution is 7.16. The van der Waals surface area contributed by atoms with E-state index in [-0.39, 0.29) is 16.8 Å². The molecule has 0 aliphatic carbocycles. The molecule has 1 fully saturated rings. The van der Waals surface area contributed by atoms with Gasteiger partial charge in [-0.1, -0.05) is 11.3 Å². The van der Waals surface area contributed by atoms with Crippen LogP contribution in [0.25, 0.3) is 10.3 Å². The Morgan fingerprint density at radius 1 is 1.47 bits per heavy atom. The van der Waals surface area contributed by atoms with E-state index in [4.69, 9.17) is 9.15 Å². The number of benzene rings is 1. The molecule has 1 aromatic carbocycles. The summed E-state index contributed by atoms with van der Waals surface area (Å²) in [5.74, 6) is 0.142. The Kier molecular flexibility index (Phi) is 2.62. The van der Waals surface area contributed by atoms with Crippen molar-refractivity contribution in [2.24, 2.45) is 0 Å². The van der Waals surface area contributed by atoms with Gasteiger partial charge in [-0.25, -0.2) is 4.79 Å². The first-order chi connectivity index (χ1) is 8.24. The van der Waals surface area contributed by atoms with Crippen molar-refractivity contribution in [1.82, 2.24) is 5.32 Å². The van der Waals surface area contributed by atoms with Crippen molar-refractivity contribution in [2.45, 2.75) is 6.10 Å². The van der Waals surface area contributed by atoms with Gasteiger partial charge < -0.3 is 19.6 Å². The van der Waals surface area contributed by atoms with Crippen molar-refractivity contribution < 1.29 is 14.3 Å². The van der Waals surface area contributed by atoms with Crippen LogP contribution < -0.4 is 10.3 Å². The standard InChI is InChI=1S/C11H11NO4S/c13-7-4-10-8(16-11(14)17-10)3-6(7)9-5-12-1-2-15-9/h3-4,9,12-13H,1-2,5H2. The van der Waals surface area contributed by atoms with Crippen molar-refractivity contribution in [3.05, 3.63) is 27.4 Å². The Bertz CT molecular complexity index is 597. The molecule has 1 saturated heterocycles. The van der Waals surface area contributed by atoms with E-state index in [1.54, 1.807) is 12.1 Å². The smallest absolute Gasteiger partial charge is 0.396 e. The second-order valence-electron chi connectivity index (χ2n) is 3.88. The highest BCUT2D eigenvalue weighted by atomic mass is 32.1. The van der Waals surface area contributed by atoms with Gasteiger partial charge in [-0.3, -0.25) is 0 Å². The van der Waals surface area contributed by atoms with E-state index < -0.39 is 0 Å². The van der Waals surface area contributed by atoms with Gasteiger partial charge >= 0.3 is 4.94 Å². The minimum Gasteiger partial charge on any atom is -0.508 e. The number of ether oxygens (including phenoxy) is 1. The third-order valence-electron chi connectivity index (χ3n) is 2.75. The molecule has 0 bridgehead atoms. The summed E-state index contributed by atoms with van der Waals surface area (Å²) in [6, 6.07) is 3.23. The number of aromatic hydroxyl groups is 1. The van der Waals surface area contributed by atoms with Gasteiger partial charge in [0.25, 0.3) is 0 Å². The number of hydrogen-bond acceptors (Lipinski definition) is 6. The second-order valence-corrected chi connectivity index (χ2v) is 4.85. The van der Waals surface area contributed by atoms with E-state index in [0.29, 0.717) is 29.0 Å². The number of morpholine rings is 1. The number of nitrogens with one attached hydrogen (secondary N) is 1. The summed E-state index contributed by atoms with van der Waals surface area (Å²) < 4.78 is 11.2. The zero-order valence-corrected chi connectivity index (χ0v) is 9.75. The SMILES string of the molecule is O=c1oc2cc(C3CNCCO3)c(O)cc2s1. The maximum atomic E-state index is 11.1. The van der Waals surface area contributed by atoms with Crippen molar-refractivity contribution in [1.29, 1.82) is 0 Å². The first-order valence-corrected chi connectivity index (χ1v) is 6.14. The molecular formula is C11H11NO4S. The third-order valence-corrected chi connectivity index (χ3v) is 3.54. The highest BCUT2D eigenvalue weighted by Crippen LogP contribution is 2.32. The molecule has 2 N–H and O–H groups in total. The molecule has 1 aromatic heterocycles. The summed E-state index contributed by atoms with van der Waals surface area (Å²) in [4.78, 5) is 10.8. The van der Waals surface area contributed by atoms with Crippen molar-refractivity contribution >= 4 is 21.6 Å². The summed E-state index contributed by atoms with van der Waals surface area (Å²) in [6.45, 7) is 2.07. The molecule has 6 heteroatoms. The number of phenolic OH excluding ortho intramolecular Hbond substituents is 1. The first kappa shape index (κ1) is 10.8. The molecular weight excluding hydrogens is 242 g/mol. The lowest BCUT2D eigenvalue weighted by Gasteiger charge is -2.24. The fourth-order valence-corrected chi connectivity index (χ4v) is 2.63.